The number of aromatic nitrogens is 2. The van der Waals surface area contributed by atoms with Crippen LogP contribution in [0.5, 0.6) is 5.75 Å². The van der Waals surface area contributed by atoms with Crippen LogP contribution in [-0.2, 0) is 9.53 Å². The molecule has 2 aromatic carbocycles. The number of para-hydroxylation sites is 1. The van der Waals surface area contributed by atoms with E-state index in [-0.39, 0.29) is 34.1 Å². The molecule has 8 nitrogen and oxygen atoms in total. The van der Waals surface area contributed by atoms with E-state index in [0.717, 1.165) is 11.8 Å². The lowest BCUT2D eigenvalue weighted by atomic mass is 10.2. The van der Waals surface area contributed by atoms with Gasteiger partial charge in [0, 0.05) is 5.56 Å². The first-order chi connectivity index (χ1) is 13.1. The minimum atomic E-state index is -0.533. The SMILES string of the molecule is COC(=O)c1ccccc1NC(=O)CSc1nnc(-c2ccc(O)cc2)o1. The summed E-state index contributed by atoms with van der Waals surface area (Å²) >= 11 is 1.07. The van der Waals surface area contributed by atoms with E-state index in [1.54, 1.807) is 36.4 Å². The molecule has 3 aromatic rings. The van der Waals surface area contributed by atoms with Gasteiger partial charge in [0.05, 0.1) is 24.1 Å². The number of nitrogens with one attached hydrogen (secondary N) is 1. The number of methoxy groups -OCH3 is 1. The van der Waals surface area contributed by atoms with Crippen molar-refractivity contribution in [2.45, 2.75) is 5.22 Å². The highest BCUT2D eigenvalue weighted by Crippen LogP contribution is 2.25. The molecule has 27 heavy (non-hydrogen) atoms. The molecule has 0 fully saturated rings. The number of carbonyl (C=O) groups excluding carboxylic acids is 2. The monoisotopic (exact) mass is 385 g/mol. The van der Waals surface area contributed by atoms with Crippen LogP contribution in [0.2, 0.25) is 0 Å². The molecule has 0 saturated heterocycles. The van der Waals surface area contributed by atoms with Crippen molar-refractivity contribution in [1.82, 2.24) is 10.2 Å². The van der Waals surface area contributed by atoms with Gasteiger partial charge in [0.1, 0.15) is 5.75 Å². The summed E-state index contributed by atoms with van der Waals surface area (Å²) in [6.07, 6.45) is 0. The van der Waals surface area contributed by atoms with Crippen molar-refractivity contribution < 1.29 is 23.8 Å². The fourth-order valence-electron chi connectivity index (χ4n) is 2.18. The fraction of sp³-hybridized carbons (Fsp3) is 0.111. The molecule has 0 atom stereocenters. The highest BCUT2D eigenvalue weighted by atomic mass is 32.2. The minimum absolute atomic E-state index is 0.0206. The summed E-state index contributed by atoms with van der Waals surface area (Å²) in [6, 6.07) is 12.9. The number of phenolic OH excluding ortho intramolecular Hbond substituents is 1. The number of ether oxygens (including phenoxy) is 1. The Kier molecular flexibility index (Phi) is 5.72. The number of amides is 1. The molecule has 1 aromatic heterocycles. The first kappa shape index (κ1) is 18.5. The Balaban J connectivity index is 1.60. The van der Waals surface area contributed by atoms with E-state index in [2.05, 4.69) is 15.5 Å². The van der Waals surface area contributed by atoms with Crippen LogP contribution in [0.3, 0.4) is 0 Å². The maximum absolute atomic E-state index is 12.2. The Labute approximate surface area is 158 Å². The predicted molar refractivity (Wildman–Crippen MR) is 98.5 cm³/mol. The van der Waals surface area contributed by atoms with Crippen LogP contribution in [0, 0.1) is 0 Å². The van der Waals surface area contributed by atoms with E-state index in [0.29, 0.717) is 11.3 Å². The normalized spacial score (nSPS) is 10.4. The summed E-state index contributed by atoms with van der Waals surface area (Å²) in [5, 5.41) is 20.0. The number of thioether (sulfide) groups is 1. The van der Waals surface area contributed by atoms with Gasteiger partial charge in [-0.05, 0) is 36.4 Å². The molecule has 138 valence electrons. The highest BCUT2D eigenvalue weighted by Gasteiger charge is 2.15. The van der Waals surface area contributed by atoms with Gasteiger partial charge < -0.3 is 19.6 Å². The summed E-state index contributed by atoms with van der Waals surface area (Å²) in [7, 11) is 1.28. The lowest BCUT2D eigenvalue weighted by molar-refractivity contribution is -0.113. The zero-order valence-corrected chi connectivity index (χ0v) is 15.0. The average Bonchev–Trinajstić information content (AvgIpc) is 3.16. The van der Waals surface area contributed by atoms with Gasteiger partial charge in [-0.2, -0.15) is 0 Å². The van der Waals surface area contributed by atoms with E-state index < -0.39 is 5.97 Å². The number of benzene rings is 2. The Hall–Kier alpha value is -3.33. The van der Waals surface area contributed by atoms with Gasteiger partial charge in [-0.1, -0.05) is 23.9 Å². The quantitative estimate of drug-likeness (QED) is 0.492. The number of nitrogens with zero attached hydrogens (tertiary/aromatic N) is 2. The summed E-state index contributed by atoms with van der Waals surface area (Å²) in [4.78, 5) is 23.9. The predicted octanol–water partition coefficient (Wildman–Crippen LogP) is 2.96. The Morgan fingerprint density at radius 3 is 2.63 bits per heavy atom. The smallest absolute Gasteiger partial charge is 0.339 e. The topological polar surface area (TPSA) is 115 Å². The molecule has 0 aliphatic heterocycles. The summed E-state index contributed by atoms with van der Waals surface area (Å²) in [6.45, 7) is 0. The van der Waals surface area contributed by atoms with Crippen molar-refractivity contribution in [1.29, 1.82) is 0 Å². The average molecular weight is 385 g/mol. The van der Waals surface area contributed by atoms with Crippen molar-refractivity contribution in [3.63, 3.8) is 0 Å². The van der Waals surface area contributed by atoms with Gasteiger partial charge in [0.15, 0.2) is 0 Å². The molecule has 2 N–H and O–H groups in total. The zero-order valence-electron chi connectivity index (χ0n) is 14.2. The number of rotatable bonds is 6. The lowest BCUT2D eigenvalue weighted by Crippen LogP contribution is -2.17. The molecule has 1 heterocycles. The minimum Gasteiger partial charge on any atom is -0.508 e. The maximum atomic E-state index is 12.2. The Morgan fingerprint density at radius 1 is 1.15 bits per heavy atom. The Bertz CT molecular complexity index is 956. The van der Waals surface area contributed by atoms with Gasteiger partial charge in [-0.15, -0.1) is 10.2 Å². The first-order valence-corrected chi connectivity index (χ1v) is 8.78. The van der Waals surface area contributed by atoms with E-state index in [1.807, 2.05) is 0 Å². The molecule has 0 spiro atoms. The Morgan fingerprint density at radius 2 is 1.89 bits per heavy atom. The second kappa shape index (κ2) is 8.37. The first-order valence-electron chi connectivity index (χ1n) is 7.79. The lowest BCUT2D eigenvalue weighted by Gasteiger charge is -2.08. The molecule has 3 rings (SSSR count). The number of hydrogen-bond donors (Lipinski definition) is 2. The van der Waals surface area contributed by atoms with Crippen molar-refractivity contribution in [2.75, 3.05) is 18.2 Å². The van der Waals surface area contributed by atoms with Crippen LogP contribution in [0.4, 0.5) is 5.69 Å². The van der Waals surface area contributed by atoms with Crippen molar-refractivity contribution in [3.8, 4) is 17.2 Å². The number of aromatic hydroxyl groups is 1. The van der Waals surface area contributed by atoms with Gasteiger partial charge in [-0.3, -0.25) is 4.79 Å². The van der Waals surface area contributed by atoms with Crippen molar-refractivity contribution in [3.05, 3.63) is 54.1 Å². The van der Waals surface area contributed by atoms with E-state index in [9.17, 15) is 14.7 Å². The largest absolute Gasteiger partial charge is 0.508 e. The molecule has 0 aliphatic rings. The van der Waals surface area contributed by atoms with Crippen LogP contribution < -0.4 is 5.32 Å². The van der Waals surface area contributed by atoms with Gasteiger partial charge in [0.2, 0.25) is 11.8 Å². The van der Waals surface area contributed by atoms with Crippen LogP contribution in [0.15, 0.2) is 58.2 Å². The van der Waals surface area contributed by atoms with Crippen LogP contribution >= 0.6 is 11.8 Å². The van der Waals surface area contributed by atoms with Crippen LogP contribution in [0.1, 0.15) is 10.4 Å². The molecular weight excluding hydrogens is 370 g/mol. The third-order valence-corrected chi connectivity index (χ3v) is 4.27. The van der Waals surface area contributed by atoms with Crippen molar-refractivity contribution in [2.24, 2.45) is 0 Å². The van der Waals surface area contributed by atoms with E-state index >= 15 is 0 Å². The standard InChI is InChI=1S/C18H15N3O5S/c1-25-17(24)13-4-2-3-5-14(13)19-15(23)10-27-18-21-20-16(26-18)11-6-8-12(22)9-7-11/h2-9,22H,10H2,1H3,(H,19,23). The summed E-state index contributed by atoms with van der Waals surface area (Å²) in [5.41, 5.74) is 1.29. The molecule has 0 aliphatic carbocycles. The molecule has 0 saturated carbocycles. The third-order valence-electron chi connectivity index (χ3n) is 3.45. The zero-order chi connectivity index (χ0) is 19.2. The number of hydrogen-bond acceptors (Lipinski definition) is 8. The van der Waals surface area contributed by atoms with Crippen LogP contribution in [0.25, 0.3) is 11.5 Å². The molecule has 0 unspecified atom stereocenters. The number of esters is 1. The molecule has 0 bridgehead atoms. The third kappa shape index (κ3) is 4.64. The van der Waals surface area contributed by atoms with Crippen LogP contribution in [-0.4, -0.2) is 40.0 Å². The van der Waals surface area contributed by atoms with Gasteiger partial charge in [0.25, 0.3) is 5.22 Å². The maximum Gasteiger partial charge on any atom is 0.339 e. The summed E-state index contributed by atoms with van der Waals surface area (Å²) in [5.74, 6) is -0.423. The number of anilines is 1. The van der Waals surface area contributed by atoms with E-state index in [1.165, 1.54) is 19.2 Å². The number of carbonyl (C=O) groups is 2. The van der Waals surface area contributed by atoms with E-state index in [4.69, 9.17) is 9.15 Å². The molecule has 0 radical (unpaired) electrons. The molecule has 9 heteroatoms. The van der Waals surface area contributed by atoms with Crippen molar-refractivity contribution >= 4 is 29.3 Å². The second-order valence-corrected chi connectivity index (χ2v) is 6.22. The molecular formula is C18H15N3O5S. The number of phenols is 1. The molecule has 1 amide bonds. The second-order valence-electron chi connectivity index (χ2n) is 5.29. The van der Waals surface area contributed by atoms with Gasteiger partial charge >= 0.3 is 5.97 Å². The highest BCUT2D eigenvalue weighted by molar-refractivity contribution is 7.99. The van der Waals surface area contributed by atoms with Gasteiger partial charge in [-0.25, -0.2) is 4.79 Å². The summed E-state index contributed by atoms with van der Waals surface area (Å²) < 4.78 is 10.2. The fourth-order valence-corrected chi connectivity index (χ4v) is 2.75.